The predicted molar refractivity (Wildman–Crippen MR) is 107 cm³/mol. The van der Waals surface area contributed by atoms with Crippen LogP contribution in [0, 0.1) is 0 Å². The number of nitrogens with zero attached hydrogens (tertiary/aromatic N) is 3. The fraction of sp³-hybridized carbons (Fsp3) is 0.273. The van der Waals surface area contributed by atoms with E-state index in [0.29, 0.717) is 30.2 Å². The molecule has 0 saturated carbocycles. The minimum atomic E-state index is -0.0764. The van der Waals surface area contributed by atoms with Crippen molar-refractivity contribution in [3.63, 3.8) is 0 Å². The average molecular weight is 377 g/mol. The van der Waals surface area contributed by atoms with Crippen LogP contribution in [0.2, 0.25) is 0 Å². The van der Waals surface area contributed by atoms with Gasteiger partial charge in [0.1, 0.15) is 0 Å². The highest BCUT2D eigenvalue weighted by atomic mass is 16.5. The third kappa shape index (κ3) is 2.91. The second-order valence-corrected chi connectivity index (χ2v) is 6.99. The van der Waals surface area contributed by atoms with Crippen molar-refractivity contribution in [3.05, 3.63) is 64.8 Å². The molecule has 0 N–H and O–H groups in total. The number of fused-ring (bicyclic) bond motifs is 3. The van der Waals surface area contributed by atoms with Crippen LogP contribution >= 0.6 is 0 Å². The third-order valence-corrected chi connectivity index (χ3v) is 5.19. The summed E-state index contributed by atoms with van der Waals surface area (Å²) in [5.41, 5.74) is 5.66. The number of carbonyl (C=O) groups excluding carboxylic acids is 1. The Bertz CT molecular complexity index is 1040. The molecule has 1 aromatic heterocycles. The number of carbonyl (C=O) groups is 1. The van der Waals surface area contributed by atoms with Gasteiger partial charge in [0.2, 0.25) is 0 Å². The van der Waals surface area contributed by atoms with Crippen LogP contribution in [0.4, 0.5) is 0 Å². The number of aryl methyl sites for hydroxylation is 1. The van der Waals surface area contributed by atoms with Crippen molar-refractivity contribution < 1.29 is 14.3 Å². The Morgan fingerprint density at radius 1 is 1.14 bits per heavy atom. The van der Waals surface area contributed by atoms with Gasteiger partial charge in [-0.05, 0) is 23.3 Å². The van der Waals surface area contributed by atoms with Crippen LogP contribution in [0.5, 0.6) is 11.5 Å². The van der Waals surface area contributed by atoms with Gasteiger partial charge in [0.15, 0.2) is 17.2 Å². The lowest BCUT2D eigenvalue weighted by Gasteiger charge is -2.16. The molecule has 0 atom stereocenters. The Kier molecular flexibility index (Phi) is 4.55. The molecule has 0 saturated heterocycles. The molecule has 144 valence electrons. The number of hydrogen-bond donors (Lipinski definition) is 0. The van der Waals surface area contributed by atoms with Crippen LogP contribution in [-0.4, -0.2) is 41.9 Å². The quantitative estimate of drug-likeness (QED) is 0.536. The molecule has 2 aromatic carbocycles. The molecule has 0 fully saturated rings. The van der Waals surface area contributed by atoms with Gasteiger partial charge in [-0.3, -0.25) is 9.48 Å². The first-order chi connectivity index (χ1) is 13.5. The zero-order valence-electron chi connectivity index (χ0n) is 16.5. The van der Waals surface area contributed by atoms with Crippen molar-refractivity contribution in [3.8, 4) is 22.8 Å². The first-order valence-electron chi connectivity index (χ1n) is 9.14. The largest absolute Gasteiger partial charge is 0.493 e. The minimum absolute atomic E-state index is 0.0764. The fourth-order valence-electron chi connectivity index (χ4n) is 3.83. The van der Waals surface area contributed by atoms with Crippen molar-refractivity contribution in [2.75, 3.05) is 21.3 Å². The number of aromatic nitrogens is 2. The van der Waals surface area contributed by atoms with Crippen LogP contribution in [0.15, 0.2) is 42.5 Å². The Balaban J connectivity index is 1.68. The third-order valence-electron chi connectivity index (χ3n) is 5.19. The highest BCUT2D eigenvalue weighted by molar-refractivity contribution is 5.97. The van der Waals surface area contributed by atoms with Crippen LogP contribution in [0.1, 0.15) is 27.2 Å². The van der Waals surface area contributed by atoms with Crippen LogP contribution in [-0.2, 0) is 20.0 Å². The van der Waals surface area contributed by atoms with Gasteiger partial charge in [0.05, 0.1) is 19.9 Å². The van der Waals surface area contributed by atoms with Gasteiger partial charge < -0.3 is 14.4 Å². The number of hydrogen-bond acceptors (Lipinski definition) is 4. The van der Waals surface area contributed by atoms with Gasteiger partial charge in [-0.2, -0.15) is 5.10 Å². The summed E-state index contributed by atoms with van der Waals surface area (Å²) in [4.78, 5) is 14.8. The lowest BCUT2D eigenvalue weighted by atomic mass is 10.1. The maximum absolute atomic E-state index is 13.1. The lowest BCUT2D eigenvalue weighted by Crippen LogP contribution is -2.27. The number of benzene rings is 2. The van der Waals surface area contributed by atoms with E-state index in [9.17, 15) is 4.79 Å². The minimum Gasteiger partial charge on any atom is -0.493 e. The molecular weight excluding hydrogens is 354 g/mol. The zero-order chi connectivity index (χ0) is 19.8. The SMILES string of the molecule is COc1cc2c(cc1OC)-c1c(c(C(=O)N(C)Cc3ccccc3)nn1C)C2. The maximum atomic E-state index is 13.1. The Morgan fingerprint density at radius 2 is 1.82 bits per heavy atom. The predicted octanol–water partition coefficient (Wildman–Crippen LogP) is 3.28. The van der Waals surface area contributed by atoms with Crippen molar-refractivity contribution in [1.82, 2.24) is 14.7 Å². The van der Waals surface area contributed by atoms with E-state index in [4.69, 9.17) is 9.47 Å². The van der Waals surface area contributed by atoms with Gasteiger partial charge in [-0.1, -0.05) is 30.3 Å². The number of methoxy groups -OCH3 is 2. The van der Waals surface area contributed by atoms with Crippen molar-refractivity contribution in [1.29, 1.82) is 0 Å². The van der Waals surface area contributed by atoms with Gasteiger partial charge >= 0.3 is 0 Å². The van der Waals surface area contributed by atoms with Gasteiger partial charge in [0, 0.05) is 38.2 Å². The van der Waals surface area contributed by atoms with E-state index < -0.39 is 0 Å². The molecule has 0 spiro atoms. The normalized spacial score (nSPS) is 11.7. The molecule has 6 nitrogen and oxygen atoms in total. The summed E-state index contributed by atoms with van der Waals surface area (Å²) in [6.07, 6.45) is 0.652. The Hall–Kier alpha value is -3.28. The number of amides is 1. The standard InChI is InChI=1S/C22H23N3O3/c1-24(13-14-8-6-5-7-9-14)22(26)20-17-10-15-11-18(27-3)19(28-4)12-16(15)21(17)25(2)23-20/h5-9,11-12H,10,13H2,1-4H3. The van der Waals surface area contributed by atoms with E-state index >= 15 is 0 Å². The smallest absolute Gasteiger partial charge is 0.274 e. The molecule has 4 rings (SSSR count). The van der Waals surface area contributed by atoms with Crippen LogP contribution in [0.3, 0.4) is 0 Å². The molecule has 0 aliphatic heterocycles. The second kappa shape index (κ2) is 7.03. The van der Waals surface area contributed by atoms with E-state index in [2.05, 4.69) is 5.10 Å². The van der Waals surface area contributed by atoms with E-state index in [1.807, 2.05) is 56.6 Å². The molecule has 1 amide bonds. The molecular formula is C22H23N3O3. The zero-order valence-corrected chi connectivity index (χ0v) is 16.5. The summed E-state index contributed by atoms with van der Waals surface area (Å²) in [6.45, 7) is 0.541. The summed E-state index contributed by atoms with van der Waals surface area (Å²) in [7, 11) is 6.93. The molecule has 1 aliphatic carbocycles. The Morgan fingerprint density at radius 3 is 2.50 bits per heavy atom. The number of ether oxygens (including phenoxy) is 2. The summed E-state index contributed by atoms with van der Waals surface area (Å²) in [5, 5.41) is 4.55. The lowest BCUT2D eigenvalue weighted by molar-refractivity contribution is 0.0777. The van der Waals surface area contributed by atoms with E-state index in [1.54, 1.807) is 23.8 Å². The van der Waals surface area contributed by atoms with Crippen molar-refractivity contribution >= 4 is 5.91 Å². The monoisotopic (exact) mass is 377 g/mol. The highest BCUT2D eigenvalue weighted by Crippen LogP contribution is 2.43. The highest BCUT2D eigenvalue weighted by Gasteiger charge is 2.32. The summed E-state index contributed by atoms with van der Waals surface area (Å²) < 4.78 is 12.7. The first kappa shape index (κ1) is 18.1. The molecule has 28 heavy (non-hydrogen) atoms. The van der Waals surface area contributed by atoms with E-state index in [1.165, 1.54) is 0 Å². The first-order valence-corrected chi connectivity index (χ1v) is 9.14. The summed E-state index contributed by atoms with van der Waals surface area (Å²) >= 11 is 0. The summed E-state index contributed by atoms with van der Waals surface area (Å²) in [5.74, 6) is 1.29. The van der Waals surface area contributed by atoms with Crippen molar-refractivity contribution in [2.45, 2.75) is 13.0 Å². The number of rotatable bonds is 5. The molecule has 0 bridgehead atoms. The summed E-state index contributed by atoms with van der Waals surface area (Å²) in [6, 6.07) is 13.9. The van der Waals surface area contributed by atoms with Crippen LogP contribution < -0.4 is 9.47 Å². The average Bonchev–Trinajstić information content (AvgIpc) is 3.23. The molecule has 0 radical (unpaired) electrons. The van der Waals surface area contributed by atoms with Gasteiger partial charge in [-0.15, -0.1) is 0 Å². The maximum Gasteiger partial charge on any atom is 0.274 e. The van der Waals surface area contributed by atoms with Crippen LogP contribution in [0.25, 0.3) is 11.3 Å². The molecule has 1 aliphatic rings. The molecule has 1 heterocycles. The van der Waals surface area contributed by atoms with Gasteiger partial charge in [-0.25, -0.2) is 0 Å². The fourth-order valence-corrected chi connectivity index (χ4v) is 3.83. The molecule has 0 unspecified atom stereocenters. The molecule has 3 aromatic rings. The topological polar surface area (TPSA) is 56.6 Å². The van der Waals surface area contributed by atoms with E-state index in [0.717, 1.165) is 27.9 Å². The van der Waals surface area contributed by atoms with Crippen molar-refractivity contribution in [2.24, 2.45) is 7.05 Å². The molecule has 6 heteroatoms. The Labute approximate surface area is 164 Å². The van der Waals surface area contributed by atoms with Gasteiger partial charge in [0.25, 0.3) is 5.91 Å². The second-order valence-electron chi connectivity index (χ2n) is 6.99. The van der Waals surface area contributed by atoms with E-state index in [-0.39, 0.29) is 5.91 Å².